The molecule has 0 bridgehead atoms. The highest BCUT2D eigenvalue weighted by atomic mass is 79.9. The molecule has 5 heteroatoms. The summed E-state index contributed by atoms with van der Waals surface area (Å²) in [5.41, 5.74) is 0.979. The SMILES string of the molecule is O=C(NCCOCCBr)C1CCOc2ccccc21. The maximum atomic E-state index is 12.2. The Balaban J connectivity index is 1.86. The molecule has 4 nitrogen and oxygen atoms in total. The molecule has 19 heavy (non-hydrogen) atoms. The molecule has 2 rings (SSSR count). The number of fused-ring (bicyclic) bond motifs is 1. The van der Waals surface area contributed by atoms with Gasteiger partial charge >= 0.3 is 0 Å². The molecular formula is C14H18BrNO3. The van der Waals surface area contributed by atoms with E-state index < -0.39 is 0 Å². The molecular weight excluding hydrogens is 310 g/mol. The molecule has 1 unspecified atom stereocenters. The largest absolute Gasteiger partial charge is 0.493 e. The lowest BCUT2D eigenvalue weighted by atomic mass is 9.92. The first kappa shape index (κ1) is 14.3. The van der Waals surface area contributed by atoms with Gasteiger partial charge in [0.15, 0.2) is 0 Å². The van der Waals surface area contributed by atoms with Crippen LogP contribution in [-0.2, 0) is 9.53 Å². The van der Waals surface area contributed by atoms with Crippen LogP contribution in [0, 0.1) is 0 Å². The zero-order valence-electron chi connectivity index (χ0n) is 10.7. The van der Waals surface area contributed by atoms with Gasteiger partial charge in [0.05, 0.1) is 25.7 Å². The van der Waals surface area contributed by atoms with E-state index in [0.717, 1.165) is 23.1 Å². The first-order chi connectivity index (χ1) is 9.33. The Morgan fingerprint density at radius 3 is 3.11 bits per heavy atom. The van der Waals surface area contributed by atoms with Crippen molar-refractivity contribution >= 4 is 21.8 Å². The number of carbonyl (C=O) groups excluding carboxylic acids is 1. The molecule has 0 aromatic heterocycles. The molecule has 1 aliphatic heterocycles. The monoisotopic (exact) mass is 327 g/mol. The molecule has 0 fully saturated rings. The summed E-state index contributed by atoms with van der Waals surface area (Å²) >= 11 is 3.28. The second-order valence-corrected chi connectivity index (χ2v) is 5.11. The van der Waals surface area contributed by atoms with Gasteiger partial charge in [-0.05, 0) is 12.5 Å². The minimum atomic E-state index is -0.110. The molecule has 1 heterocycles. The Labute approximate surface area is 121 Å². The van der Waals surface area contributed by atoms with Crippen LogP contribution in [0.5, 0.6) is 5.75 Å². The summed E-state index contributed by atoms with van der Waals surface area (Å²) in [6.07, 6.45) is 0.727. The number of ether oxygens (including phenoxy) is 2. The minimum absolute atomic E-state index is 0.0539. The molecule has 1 aromatic rings. The molecule has 1 atom stereocenters. The molecule has 0 radical (unpaired) electrons. The van der Waals surface area contributed by atoms with Gasteiger partial charge in [-0.1, -0.05) is 34.1 Å². The van der Waals surface area contributed by atoms with Gasteiger partial charge in [0.25, 0.3) is 0 Å². The van der Waals surface area contributed by atoms with Crippen LogP contribution in [0.3, 0.4) is 0 Å². The van der Waals surface area contributed by atoms with Crippen LogP contribution in [0.15, 0.2) is 24.3 Å². The van der Waals surface area contributed by atoms with Gasteiger partial charge < -0.3 is 14.8 Å². The number of para-hydroxylation sites is 1. The number of amides is 1. The predicted molar refractivity (Wildman–Crippen MR) is 76.9 cm³/mol. The summed E-state index contributed by atoms with van der Waals surface area (Å²) in [7, 11) is 0. The molecule has 104 valence electrons. The van der Waals surface area contributed by atoms with Gasteiger partial charge in [-0.3, -0.25) is 4.79 Å². The smallest absolute Gasteiger partial charge is 0.227 e. The number of rotatable bonds is 6. The molecule has 1 N–H and O–H groups in total. The highest BCUT2D eigenvalue weighted by molar-refractivity contribution is 9.09. The van der Waals surface area contributed by atoms with Crippen LogP contribution in [-0.4, -0.2) is 37.6 Å². The molecule has 1 aliphatic rings. The lowest BCUT2D eigenvalue weighted by molar-refractivity contribution is -0.123. The van der Waals surface area contributed by atoms with Crippen LogP contribution >= 0.6 is 15.9 Å². The summed E-state index contributed by atoms with van der Waals surface area (Å²) < 4.78 is 10.9. The molecule has 0 saturated carbocycles. The highest BCUT2D eigenvalue weighted by Crippen LogP contribution is 2.33. The number of benzene rings is 1. The van der Waals surface area contributed by atoms with Gasteiger partial charge in [0.2, 0.25) is 5.91 Å². The Morgan fingerprint density at radius 1 is 1.42 bits per heavy atom. The highest BCUT2D eigenvalue weighted by Gasteiger charge is 2.26. The number of alkyl halides is 1. The van der Waals surface area contributed by atoms with E-state index in [1.54, 1.807) is 0 Å². The summed E-state index contributed by atoms with van der Waals surface area (Å²) in [6, 6.07) is 7.73. The fraction of sp³-hybridized carbons (Fsp3) is 0.500. The average molecular weight is 328 g/mol. The van der Waals surface area contributed by atoms with Crippen molar-refractivity contribution in [3.05, 3.63) is 29.8 Å². The summed E-state index contributed by atoms with van der Waals surface area (Å²) in [5, 5.41) is 3.73. The van der Waals surface area contributed by atoms with E-state index in [4.69, 9.17) is 9.47 Å². The van der Waals surface area contributed by atoms with Gasteiger partial charge in [0.1, 0.15) is 5.75 Å². The fourth-order valence-electron chi connectivity index (χ4n) is 2.14. The predicted octanol–water partition coefficient (Wildman–Crippen LogP) is 2.08. The van der Waals surface area contributed by atoms with Crippen molar-refractivity contribution in [1.82, 2.24) is 5.32 Å². The van der Waals surface area contributed by atoms with E-state index in [9.17, 15) is 4.79 Å². The number of hydrogen-bond donors (Lipinski definition) is 1. The van der Waals surface area contributed by atoms with E-state index in [1.807, 2.05) is 24.3 Å². The first-order valence-corrected chi connectivity index (χ1v) is 7.58. The van der Waals surface area contributed by atoms with E-state index in [2.05, 4.69) is 21.2 Å². The van der Waals surface area contributed by atoms with Crippen molar-refractivity contribution in [2.45, 2.75) is 12.3 Å². The third-order valence-electron chi connectivity index (χ3n) is 3.04. The van der Waals surface area contributed by atoms with E-state index in [0.29, 0.717) is 26.4 Å². The quantitative estimate of drug-likeness (QED) is 0.642. The van der Waals surface area contributed by atoms with Gasteiger partial charge in [-0.2, -0.15) is 0 Å². The van der Waals surface area contributed by atoms with Crippen LogP contribution in [0.2, 0.25) is 0 Å². The Morgan fingerprint density at radius 2 is 2.26 bits per heavy atom. The fourth-order valence-corrected chi connectivity index (χ4v) is 2.37. The summed E-state index contributed by atoms with van der Waals surface area (Å²) in [4.78, 5) is 12.2. The zero-order valence-corrected chi connectivity index (χ0v) is 12.3. The van der Waals surface area contributed by atoms with E-state index in [-0.39, 0.29) is 11.8 Å². The third-order valence-corrected chi connectivity index (χ3v) is 3.37. The molecule has 0 spiro atoms. The lowest BCUT2D eigenvalue weighted by Crippen LogP contribution is -2.34. The van der Waals surface area contributed by atoms with Crippen molar-refractivity contribution in [3.63, 3.8) is 0 Å². The van der Waals surface area contributed by atoms with Crippen molar-refractivity contribution in [3.8, 4) is 5.75 Å². The Kier molecular flexibility index (Phi) is 5.66. The summed E-state index contributed by atoms with van der Waals surface area (Å²) in [6.45, 7) is 2.35. The van der Waals surface area contributed by atoms with E-state index in [1.165, 1.54) is 0 Å². The lowest BCUT2D eigenvalue weighted by Gasteiger charge is -2.25. The maximum absolute atomic E-state index is 12.2. The van der Waals surface area contributed by atoms with Gasteiger partial charge in [-0.25, -0.2) is 0 Å². The van der Waals surface area contributed by atoms with Gasteiger partial charge in [-0.15, -0.1) is 0 Å². The number of halogens is 1. The Bertz CT molecular complexity index is 425. The van der Waals surface area contributed by atoms with Crippen molar-refractivity contribution in [2.24, 2.45) is 0 Å². The molecule has 0 aliphatic carbocycles. The van der Waals surface area contributed by atoms with Crippen LogP contribution in [0.1, 0.15) is 17.9 Å². The molecule has 1 amide bonds. The zero-order chi connectivity index (χ0) is 13.5. The maximum Gasteiger partial charge on any atom is 0.227 e. The average Bonchev–Trinajstić information content (AvgIpc) is 2.46. The van der Waals surface area contributed by atoms with Crippen LogP contribution in [0.4, 0.5) is 0 Å². The van der Waals surface area contributed by atoms with E-state index >= 15 is 0 Å². The second-order valence-electron chi connectivity index (χ2n) is 4.32. The standard InChI is InChI=1S/C14H18BrNO3/c15-6-9-18-10-7-16-14(17)12-5-8-19-13-4-2-1-3-11(12)13/h1-4,12H,5-10H2,(H,16,17). The molecule has 0 saturated heterocycles. The van der Waals surface area contributed by atoms with Gasteiger partial charge in [0, 0.05) is 17.4 Å². The minimum Gasteiger partial charge on any atom is -0.493 e. The van der Waals surface area contributed by atoms with Crippen molar-refractivity contribution in [1.29, 1.82) is 0 Å². The number of nitrogens with one attached hydrogen (secondary N) is 1. The van der Waals surface area contributed by atoms with Crippen LogP contribution < -0.4 is 10.1 Å². The normalized spacial score (nSPS) is 17.4. The van der Waals surface area contributed by atoms with Crippen molar-refractivity contribution in [2.75, 3.05) is 31.7 Å². The number of hydrogen-bond acceptors (Lipinski definition) is 3. The Hall–Kier alpha value is -1.07. The first-order valence-electron chi connectivity index (χ1n) is 6.46. The second kappa shape index (κ2) is 7.50. The molecule has 1 aromatic carbocycles. The van der Waals surface area contributed by atoms with Crippen LogP contribution in [0.25, 0.3) is 0 Å². The number of carbonyl (C=O) groups is 1. The topological polar surface area (TPSA) is 47.6 Å². The third kappa shape index (κ3) is 3.94. The summed E-state index contributed by atoms with van der Waals surface area (Å²) in [5.74, 6) is 0.767. The van der Waals surface area contributed by atoms with Crippen molar-refractivity contribution < 1.29 is 14.3 Å².